The second-order valence-corrected chi connectivity index (χ2v) is 7.18. The van der Waals surface area contributed by atoms with Gasteiger partial charge in [0.2, 0.25) is 5.75 Å². The zero-order valence-electron chi connectivity index (χ0n) is 16.2. The van der Waals surface area contributed by atoms with E-state index in [9.17, 15) is 24.8 Å². The van der Waals surface area contributed by atoms with Gasteiger partial charge in [-0.25, -0.2) is 9.59 Å². The van der Waals surface area contributed by atoms with Gasteiger partial charge in [-0.15, -0.1) is 0 Å². The summed E-state index contributed by atoms with van der Waals surface area (Å²) in [5.74, 6) is -0.979. The summed E-state index contributed by atoms with van der Waals surface area (Å²) in [6.45, 7) is 4.99. The predicted octanol–water partition coefficient (Wildman–Crippen LogP) is 3.91. The first-order valence-corrected chi connectivity index (χ1v) is 8.78. The predicted molar refractivity (Wildman–Crippen MR) is 104 cm³/mol. The number of hydrogen-bond donors (Lipinski definition) is 2. The van der Waals surface area contributed by atoms with Crippen LogP contribution in [0.5, 0.6) is 11.5 Å². The van der Waals surface area contributed by atoms with Gasteiger partial charge in [-0.1, -0.05) is 30.3 Å². The molecule has 2 aromatic carbocycles. The summed E-state index contributed by atoms with van der Waals surface area (Å²) in [7, 11) is 0. The second-order valence-electron chi connectivity index (χ2n) is 7.18. The van der Waals surface area contributed by atoms with Crippen molar-refractivity contribution in [2.24, 2.45) is 0 Å². The molecule has 1 amide bonds. The summed E-state index contributed by atoms with van der Waals surface area (Å²) in [4.78, 5) is 34.2. The number of nitrogens with one attached hydrogen (secondary N) is 1. The Morgan fingerprint density at radius 1 is 1.10 bits per heavy atom. The average molecular weight is 402 g/mol. The lowest BCUT2D eigenvalue weighted by Crippen LogP contribution is -2.44. The van der Waals surface area contributed by atoms with Gasteiger partial charge >= 0.3 is 17.7 Å². The van der Waals surface area contributed by atoms with E-state index in [0.29, 0.717) is 5.56 Å². The first-order chi connectivity index (χ1) is 13.6. The Bertz CT molecular complexity index is 906. The van der Waals surface area contributed by atoms with Crippen molar-refractivity contribution in [3.8, 4) is 11.5 Å². The third-order valence-electron chi connectivity index (χ3n) is 3.67. The van der Waals surface area contributed by atoms with Crippen LogP contribution in [0.1, 0.15) is 26.3 Å². The molecule has 0 heterocycles. The van der Waals surface area contributed by atoms with Crippen LogP contribution in [0.15, 0.2) is 48.5 Å². The first kappa shape index (κ1) is 21.7. The van der Waals surface area contributed by atoms with E-state index >= 15 is 0 Å². The van der Waals surface area contributed by atoms with Gasteiger partial charge in [-0.05, 0) is 38.5 Å². The van der Waals surface area contributed by atoms with Gasteiger partial charge in [-0.3, -0.25) is 10.1 Å². The monoisotopic (exact) mass is 402 g/mol. The number of aliphatic carboxylic acids is 1. The molecule has 29 heavy (non-hydrogen) atoms. The number of ether oxygens (including phenoxy) is 2. The highest BCUT2D eigenvalue weighted by Gasteiger charge is 2.26. The van der Waals surface area contributed by atoms with E-state index in [1.165, 1.54) is 18.2 Å². The summed E-state index contributed by atoms with van der Waals surface area (Å²) in [6.07, 6.45) is -0.965. The van der Waals surface area contributed by atoms with Crippen molar-refractivity contribution in [2.45, 2.75) is 38.8 Å². The molecule has 0 aliphatic carbocycles. The minimum Gasteiger partial charge on any atom is -0.480 e. The molecule has 9 nitrogen and oxygen atoms in total. The smallest absolute Gasteiger partial charge is 0.408 e. The quantitative estimate of drug-likeness (QED) is 0.531. The van der Waals surface area contributed by atoms with E-state index in [4.69, 9.17) is 9.47 Å². The molecule has 0 saturated carbocycles. The summed E-state index contributed by atoms with van der Waals surface area (Å²) in [5.41, 5.74) is -0.543. The number of benzene rings is 2. The number of alkyl carbamates (subject to hydrolysis) is 1. The third kappa shape index (κ3) is 6.49. The molecular formula is C20H22N2O7. The number of amides is 1. The van der Waals surface area contributed by atoms with Gasteiger partial charge < -0.3 is 19.9 Å². The average Bonchev–Trinajstić information content (AvgIpc) is 2.61. The fraction of sp³-hybridized carbons (Fsp3) is 0.300. The number of carbonyl (C=O) groups excluding carboxylic acids is 1. The molecule has 0 saturated heterocycles. The molecule has 0 aromatic heterocycles. The van der Waals surface area contributed by atoms with Crippen molar-refractivity contribution in [3.63, 3.8) is 0 Å². The molecule has 154 valence electrons. The van der Waals surface area contributed by atoms with Crippen molar-refractivity contribution >= 4 is 17.7 Å². The van der Waals surface area contributed by atoms with Crippen LogP contribution >= 0.6 is 0 Å². The second kappa shape index (κ2) is 9.05. The number of carbonyl (C=O) groups is 2. The summed E-state index contributed by atoms with van der Waals surface area (Å²) >= 11 is 0. The Labute approximate surface area is 167 Å². The molecular weight excluding hydrogens is 380 g/mol. The molecule has 0 aliphatic heterocycles. The van der Waals surface area contributed by atoms with Gasteiger partial charge in [0.15, 0.2) is 0 Å². The van der Waals surface area contributed by atoms with E-state index in [-0.39, 0.29) is 23.6 Å². The van der Waals surface area contributed by atoms with Gasteiger partial charge in [0.05, 0.1) is 4.92 Å². The van der Waals surface area contributed by atoms with Crippen LogP contribution in [-0.4, -0.2) is 33.7 Å². The van der Waals surface area contributed by atoms with Gasteiger partial charge in [0.1, 0.15) is 17.4 Å². The Kier molecular flexibility index (Phi) is 6.76. The molecule has 0 radical (unpaired) electrons. The third-order valence-corrected chi connectivity index (χ3v) is 3.67. The number of nitro benzene ring substituents is 1. The molecule has 2 aromatic rings. The van der Waals surface area contributed by atoms with E-state index in [0.717, 1.165) is 0 Å². The maximum absolute atomic E-state index is 12.0. The number of nitro groups is 1. The van der Waals surface area contributed by atoms with Crippen LogP contribution in [-0.2, 0) is 16.0 Å². The number of rotatable bonds is 7. The van der Waals surface area contributed by atoms with Crippen molar-refractivity contribution in [3.05, 3.63) is 64.2 Å². The normalized spacial score (nSPS) is 12.0. The molecule has 0 spiro atoms. The summed E-state index contributed by atoms with van der Waals surface area (Å²) in [6, 6.07) is 11.1. The Hall–Kier alpha value is -3.62. The Morgan fingerprint density at radius 2 is 1.69 bits per heavy atom. The lowest BCUT2D eigenvalue weighted by Gasteiger charge is -2.22. The molecule has 9 heteroatoms. The standard InChI is InChI=1S/C20H22N2O7/c1-20(2,3)29-19(25)21-14(18(23)24)12-13-8-4-6-10-16(13)28-17-11-7-5-9-15(17)22(26)27/h4-11,14H,12H2,1-3H3,(H,21,25)(H,23,24)/t14-/m0/s1. The highest BCUT2D eigenvalue weighted by atomic mass is 16.6. The maximum Gasteiger partial charge on any atom is 0.408 e. The van der Waals surface area contributed by atoms with E-state index < -0.39 is 28.6 Å². The molecule has 0 aliphatic rings. The first-order valence-electron chi connectivity index (χ1n) is 8.78. The highest BCUT2D eigenvalue weighted by molar-refractivity contribution is 5.80. The Balaban J connectivity index is 2.24. The molecule has 2 N–H and O–H groups in total. The maximum atomic E-state index is 12.0. The van der Waals surface area contributed by atoms with Crippen LogP contribution in [0, 0.1) is 10.1 Å². The van der Waals surface area contributed by atoms with E-state index in [1.807, 2.05) is 0 Å². The van der Waals surface area contributed by atoms with Gasteiger partial charge in [0, 0.05) is 12.5 Å². The van der Waals surface area contributed by atoms with Crippen LogP contribution in [0.2, 0.25) is 0 Å². The van der Waals surface area contributed by atoms with Gasteiger partial charge in [-0.2, -0.15) is 0 Å². The molecule has 0 fully saturated rings. The van der Waals surface area contributed by atoms with Crippen LogP contribution < -0.4 is 10.1 Å². The number of carboxylic acids is 1. The molecule has 0 bridgehead atoms. The largest absolute Gasteiger partial charge is 0.480 e. The number of nitrogens with zero attached hydrogens (tertiary/aromatic N) is 1. The highest BCUT2D eigenvalue weighted by Crippen LogP contribution is 2.33. The zero-order valence-corrected chi connectivity index (χ0v) is 16.2. The molecule has 2 rings (SSSR count). The zero-order chi connectivity index (χ0) is 21.6. The fourth-order valence-corrected chi connectivity index (χ4v) is 2.45. The molecule has 0 unspecified atom stereocenters. The summed E-state index contributed by atoms with van der Waals surface area (Å²) in [5, 5.41) is 23.0. The lowest BCUT2D eigenvalue weighted by atomic mass is 10.0. The van der Waals surface area contributed by atoms with E-state index in [1.54, 1.807) is 51.1 Å². The van der Waals surface area contributed by atoms with Crippen molar-refractivity contribution < 1.29 is 29.1 Å². The van der Waals surface area contributed by atoms with Crippen LogP contribution in [0.25, 0.3) is 0 Å². The minimum atomic E-state index is -1.28. The topological polar surface area (TPSA) is 128 Å². The van der Waals surface area contributed by atoms with E-state index in [2.05, 4.69) is 5.32 Å². The lowest BCUT2D eigenvalue weighted by molar-refractivity contribution is -0.385. The van der Waals surface area contributed by atoms with Crippen molar-refractivity contribution in [1.29, 1.82) is 0 Å². The Morgan fingerprint density at radius 3 is 2.28 bits per heavy atom. The number of carboxylic acid groups (broad SMARTS) is 1. The van der Waals surface area contributed by atoms with Gasteiger partial charge in [0.25, 0.3) is 0 Å². The van der Waals surface area contributed by atoms with Crippen molar-refractivity contribution in [1.82, 2.24) is 5.32 Å². The fourth-order valence-electron chi connectivity index (χ4n) is 2.45. The number of para-hydroxylation sites is 3. The van der Waals surface area contributed by atoms with Crippen LogP contribution in [0.4, 0.5) is 10.5 Å². The summed E-state index contributed by atoms with van der Waals surface area (Å²) < 4.78 is 10.8. The van der Waals surface area contributed by atoms with Crippen LogP contribution in [0.3, 0.4) is 0 Å². The SMILES string of the molecule is CC(C)(C)OC(=O)N[C@@H](Cc1ccccc1Oc1ccccc1[N+](=O)[O-])C(=O)O. The van der Waals surface area contributed by atoms with Crippen molar-refractivity contribution in [2.75, 3.05) is 0 Å². The number of hydrogen-bond acceptors (Lipinski definition) is 6. The molecule has 1 atom stereocenters. The minimum absolute atomic E-state index is 0.0249.